The number of hydrogen-bond acceptors (Lipinski definition) is 4. The van der Waals surface area contributed by atoms with Crippen molar-refractivity contribution >= 4 is 11.6 Å². The van der Waals surface area contributed by atoms with Crippen molar-refractivity contribution in [2.75, 3.05) is 20.3 Å². The standard InChI is InChI=1S/C17H15ClF4N2O4/c1-23-14(17(20,21)22)9-15(25)24(16(23)26)12-8-13(10(18)7-11(12)19)28-6-4-3-5-27-2/h3-4,7-9H,5-6H2,1-2H3/b4-3-. The lowest BCUT2D eigenvalue weighted by molar-refractivity contribution is -0.144. The topological polar surface area (TPSA) is 62.5 Å². The molecule has 1 aromatic carbocycles. The molecule has 1 heterocycles. The number of ether oxygens (including phenoxy) is 2. The Bertz CT molecular complexity index is 1010. The summed E-state index contributed by atoms with van der Waals surface area (Å²) in [5, 5.41) is -0.141. The van der Waals surface area contributed by atoms with Gasteiger partial charge in [0.2, 0.25) is 0 Å². The summed E-state index contributed by atoms with van der Waals surface area (Å²) in [6, 6.07) is 1.98. The van der Waals surface area contributed by atoms with Crippen LogP contribution in [-0.4, -0.2) is 29.5 Å². The summed E-state index contributed by atoms with van der Waals surface area (Å²) in [6.07, 6.45) is -1.69. The van der Waals surface area contributed by atoms with Gasteiger partial charge in [0.1, 0.15) is 23.9 Å². The number of aromatic nitrogens is 2. The summed E-state index contributed by atoms with van der Waals surface area (Å²) >= 11 is 5.89. The molecular formula is C17H15ClF4N2O4. The van der Waals surface area contributed by atoms with Gasteiger partial charge in [-0.1, -0.05) is 17.7 Å². The third-order valence-corrected chi connectivity index (χ3v) is 3.91. The molecule has 0 saturated heterocycles. The largest absolute Gasteiger partial charge is 0.488 e. The van der Waals surface area contributed by atoms with E-state index < -0.39 is 34.6 Å². The van der Waals surface area contributed by atoms with Crippen molar-refractivity contribution in [2.24, 2.45) is 7.05 Å². The molecular weight excluding hydrogens is 408 g/mol. The summed E-state index contributed by atoms with van der Waals surface area (Å²) in [5.74, 6) is -1.14. The second-order valence-corrected chi connectivity index (χ2v) is 5.92. The zero-order valence-corrected chi connectivity index (χ0v) is 15.5. The lowest BCUT2D eigenvalue weighted by Crippen LogP contribution is -2.41. The zero-order chi connectivity index (χ0) is 21.1. The Hall–Kier alpha value is -2.59. The number of rotatable bonds is 6. The fraction of sp³-hybridized carbons (Fsp3) is 0.294. The van der Waals surface area contributed by atoms with Crippen molar-refractivity contribution in [3.8, 4) is 11.4 Å². The van der Waals surface area contributed by atoms with Crippen molar-refractivity contribution in [2.45, 2.75) is 6.18 Å². The molecule has 0 aliphatic carbocycles. The van der Waals surface area contributed by atoms with Gasteiger partial charge in [-0.25, -0.2) is 13.8 Å². The first-order chi connectivity index (χ1) is 13.1. The fourth-order valence-electron chi connectivity index (χ4n) is 2.29. The molecule has 6 nitrogen and oxygen atoms in total. The number of halogens is 5. The van der Waals surface area contributed by atoms with E-state index >= 15 is 0 Å². The van der Waals surface area contributed by atoms with Crippen molar-refractivity contribution in [1.82, 2.24) is 9.13 Å². The molecule has 0 bridgehead atoms. The third-order valence-electron chi connectivity index (χ3n) is 3.62. The van der Waals surface area contributed by atoms with E-state index in [0.29, 0.717) is 6.61 Å². The van der Waals surface area contributed by atoms with Crippen molar-refractivity contribution in [3.05, 3.63) is 67.7 Å². The van der Waals surface area contributed by atoms with Crippen LogP contribution in [-0.2, 0) is 18.0 Å². The predicted octanol–water partition coefficient (Wildman–Crippen LogP) is 2.93. The lowest BCUT2D eigenvalue weighted by Gasteiger charge is -2.15. The first-order valence-electron chi connectivity index (χ1n) is 7.74. The summed E-state index contributed by atoms with van der Waals surface area (Å²) in [7, 11) is 2.32. The van der Waals surface area contributed by atoms with Crippen LogP contribution in [0.25, 0.3) is 5.69 Å². The zero-order valence-electron chi connectivity index (χ0n) is 14.7. The molecule has 0 unspecified atom stereocenters. The molecule has 152 valence electrons. The molecule has 0 N–H and O–H groups in total. The van der Waals surface area contributed by atoms with Gasteiger partial charge in [-0.05, 0) is 12.1 Å². The SMILES string of the molecule is COC/C=C\COc1cc(-n2c(=O)cc(C(F)(F)F)n(C)c2=O)c(F)cc1Cl. The van der Waals surface area contributed by atoms with Gasteiger partial charge < -0.3 is 9.47 Å². The highest BCUT2D eigenvalue weighted by molar-refractivity contribution is 6.32. The maximum Gasteiger partial charge on any atom is 0.431 e. The predicted molar refractivity (Wildman–Crippen MR) is 93.8 cm³/mol. The van der Waals surface area contributed by atoms with Crippen LogP contribution in [0.2, 0.25) is 5.02 Å². The van der Waals surface area contributed by atoms with Crippen molar-refractivity contribution in [3.63, 3.8) is 0 Å². The minimum absolute atomic E-state index is 0.0219. The summed E-state index contributed by atoms with van der Waals surface area (Å²) in [6.45, 7) is 0.358. The monoisotopic (exact) mass is 422 g/mol. The molecule has 28 heavy (non-hydrogen) atoms. The van der Waals surface area contributed by atoms with Gasteiger partial charge in [0.05, 0.1) is 17.3 Å². The Labute approximate surface area is 161 Å². The van der Waals surface area contributed by atoms with Gasteiger partial charge in [0.15, 0.2) is 0 Å². The summed E-state index contributed by atoms with van der Waals surface area (Å²) < 4.78 is 63.8. The average molecular weight is 423 g/mol. The molecule has 2 rings (SSSR count). The quantitative estimate of drug-likeness (QED) is 0.530. The highest BCUT2D eigenvalue weighted by Gasteiger charge is 2.35. The first kappa shape index (κ1) is 21.7. The molecule has 0 aliphatic rings. The Kier molecular flexibility index (Phi) is 6.68. The molecule has 0 aliphatic heterocycles. The van der Waals surface area contributed by atoms with E-state index in [9.17, 15) is 27.2 Å². The number of benzene rings is 1. The van der Waals surface area contributed by atoms with E-state index in [4.69, 9.17) is 21.1 Å². The van der Waals surface area contributed by atoms with Crippen LogP contribution < -0.4 is 16.0 Å². The van der Waals surface area contributed by atoms with Gasteiger partial charge in [0.25, 0.3) is 5.56 Å². The second kappa shape index (κ2) is 8.61. The third kappa shape index (κ3) is 4.63. The smallest absolute Gasteiger partial charge is 0.431 e. The maximum atomic E-state index is 14.3. The van der Waals surface area contributed by atoms with Gasteiger partial charge in [-0.3, -0.25) is 9.36 Å². The highest BCUT2D eigenvalue weighted by atomic mass is 35.5. The molecule has 1 aromatic heterocycles. The Morgan fingerprint density at radius 3 is 2.39 bits per heavy atom. The second-order valence-electron chi connectivity index (χ2n) is 5.51. The number of alkyl halides is 3. The number of hydrogen-bond donors (Lipinski definition) is 0. The van der Waals surface area contributed by atoms with Crippen LogP contribution in [0, 0.1) is 5.82 Å². The Morgan fingerprint density at radius 2 is 1.79 bits per heavy atom. The molecule has 0 spiro atoms. The van der Waals surface area contributed by atoms with Crippen LogP contribution in [0.15, 0.2) is 39.9 Å². The summed E-state index contributed by atoms with van der Waals surface area (Å²) in [5.41, 5.74) is -4.75. The normalized spacial score (nSPS) is 12.0. The van der Waals surface area contributed by atoms with Crippen molar-refractivity contribution < 1.29 is 27.0 Å². The fourth-order valence-corrected chi connectivity index (χ4v) is 2.49. The van der Waals surface area contributed by atoms with Crippen molar-refractivity contribution in [1.29, 1.82) is 0 Å². The minimum atomic E-state index is -4.92. The average Bonchev–Trinajstić information content (AvgIpc) is 2.60. The van der Waals surface area contributed by atoms with E-state index in [-0.39, 0.29) is 32.6 Å². The van der Waals surface area contributed by atoms with Crippen LogP contribution in [0.5, 0.6) is 5.75 Å². The van der Waals surface area contributed by atoms with Gasteiger partial charge in [-0.2, -0.15) is 13.2 Å². The lowest BCUT2D eigenvalue weighted by atomic mass is 10.2. The van der Waals surface area contributed by atoms with Gasteiger partial charge in [0, 0.05) is 26.3 Å². The van der Waals surface area contributed by atoms with Crippen LogP contribution in [0.1, 0.15) is 5.69 Å². The van der Waals surface area contributed by atoms with Crippen LogP contribution in [0.4, 0.5) is 17.6 Å². The first-order valence-corrected chi connectivity index (χ1v) is 8.12. The molecule has 11 heteroatoms. The summed E-state index contributed by atoms with van der Waals surface area (Å²) in [4.78, 5) is 24.4. The highest BCUT2D eigenvalue weighted by Crippen LogP contribution is 2.30. The van der Waals surface area contributed by atoms with E-state index in [1.807, 2.05) is 0 Å². The molecule has 0 amide bonds. The Morgan fingerprint density at radius 1 is 1.14 bits per heavy atom. The van der Waals surface area contributed by atoms with Crippen LogP contribution >= 0.6 is 11.6 Å². The maximum absolute atomic E-state index is 14.3. The number of methoxy groups -OCH3 is 1. The van der Waals surface area contributed by atoms with Crippen LogP contribution in [0.3, 0.4) is 0 Å². The van der Waals surface area contributed by atoms with E-state index in [0.717, 1.165) is 19.2 Å². The van der Waals surface area contributed by atoms with Gasteiger partial charge in [-0.15, -0.1) is 0 Å². The number of nitrogens with zero attached hydrogens (tertiary/aromatic N) is 2. The molecule has 0 fully saturated rings. The van der Waals surface area contributed by atoms with E-state index in [1.54, 1.807) is 12.2 Å². The molecule has 0 saturated carbocycles. The molecule has 0 atom stereocenters. The minimum Gasteiger partial charge on any atom is -0.488 e. The van der Waals surface area contributed by atoms with E-state index in [1.165, 1.54) is 7.11 Å². The van der Waals surface area contributed by atoms with Gasteiger partial charge >= 0.3 is 11.9 Å². The molecule has 0 radical (unpaired) electrons. The molecule has 2 aromatic rings. The van der Waals surface area contributed by atoms with E-state index in [2.05, 4.69) is 0 Å². The Balaban J connectivity index is 2.54.